The van der Waals surface area contributed by atoms with Crippen molar-refractivity contribution in [2.45, 2.75) is 6.42 Å². The Bertz CT molecular complexity index is 393. The van der Waals surface area contributed by atoms with Crippen LogP contribution in [0, 0.1) is 0 Å². The fourth-order valence-corrected chi connectivity index (χ4v) is 1.43. The minimum atomic E-state index is -0.260. The molecule has 0 N–H and O–H groups in total. The number of hydrogen-bond acceptors (Lipinski definition) is 4. The van der Waals surface area contributed by atoms with Gasteiger partial charge in [0.2, 0.25) is 11.8 Å². The van der Waals surface area contributed by atoms with Gasteiger partial charge >= 0.3 is 0 Å². The third kappa shape index (κ3) is 1.43. The van der Waals surface area contributed by atoms with E-state index in [4.69, 9.17) is 0 Å². The molecule has 1 aromatic rings. The van der Waals surface area contributed by atoms with Crippen molar-refractivity contribution in [2.24, 2.45) is 0 Å². The molecule has 2 rings (SSSR count). The van der Waals surface area contributed by atoms with Crippen molar-refractivity contribution in [2.75, 3.05) is 23.9 Å². The van der Waals surface area contributed by atoms with Crippen LogP contribution in [-0.4, -0.2) is 35.9 Å². The summed E-state index contributed by atoms with van der Waals surface area (Å²) in [5.41, 5.74) is 0.552. The predicted molar refractivity (Wildman–Crippen MR) is 53.5 cm³/mol. The van der Waals surface area contributed by atoms with Crippen molar-refractivity contribution in [1.29, 1.82) is 0 Å². The molecule has 0 aromatic carbocycles. The Morgan fingerprint density at radius 2 is 1.87 bits per heavy atom. The molecule has 0 fully saturated rings. The number of rotatable bonds is 0. The third-order valence-corrected chi connectivity index (χ3v) is 2.40. The lowest BCUT2D eigenvalue weighted by Gasteiger charge is -2.17. The molecule has 0 spiro atoms. The van der Waals surface area contributed by atoms with Gasteiger partial charge < -0.3 is 4.90 Å². The van der Waals surface area contributed by atoms with Crippen LogP contribution in [0.2, 0.25) is 0 Å². The van der Waals surface area contributed by atoms with Gasteiger partial charge in [-0.2, -0.15) is 0 Å². The third-order valence-electron chi connectivity index (χ3n) is 2.40. The molecule has 0 bridgehead atoms. The lowest BCUT2D eigenvalue weighted by atomic mass is 10.3. The molecule has 0 atom stereocenters. The molecule has 1 aromatic heterocycles. The van der Waals surface area contributed by atoms with Crippen molar-refractivity contribution in [3.8, 4) is 0 Å². The molecule has 0 unspecified atom stereocenters. The average molecular weight is 206 g/mol. The van der Waals surface area contributed by atoms with Crippen LogP contribution < -0.4 is 9.80 Å². The minimum Gasteiger partial charge on any atom is -0.310 e. The summed E-state index contributed by atoms with van der Waals surface area (Å²) in [4.78, 5) is 33.7. The zero-order valence-corrected chi connectivity index (χ0v) is 8.47. The van der Waals surface area contributed by atoms with Gasteiger partial charge in [0.15, 0.2) is 5.82 Å². The summed E-state index contributed by atoms with van der Waals surface area (Å²) in [5, 5.41) is 0. The van der Waals surface area contributed by atoms with Gasteiger partial charge in [0, 0.05) is 14.1 Å². The summed E-state index contributed by atoms with van der Waals surface area (Å²) in [6, 6.07) is 0. The lowest BCUT2D eigenvalue weighted by Crippen LogP contribution is -2.29. The van der Waals surface area contributed by atoms with Gasteiger partial charge in [-0.05, 0) is 0 Å². The predicted octanol–water partition coefficient (Wildman–Crippen LogP) is -0.194. The van der Waals surface area contributed by atoms with Crippen molar-refractivity contribution >= 4 is 23.3 Å². The highest BCUT2D eigenvalue weighted by Crippen LogP contribution is 2.27. The number of fused-ring (bicyclic) bond motifs is 1. The van der Waals surface area contributed by atoms with Crippen LogP contribution in [0.25, 0.3) is 0 Å². The monoisotopic (exact) mass is 206 g/mol. The maximum absolute atomic E-state index is 11.6. The smallest absolute Gasteiger partial charge is 0.237 e. The highest BCUT2D eigenvalue weighted by molar-refractivity contribution is 6.14. The Labute approximate surface area is 86.5 Å². The number of anilines is 2. The zero-order valence-electron chi connectivity index (χ0n) is 8.47. The van der Waals surface area contributed by atoms with E-state index in [2.05, 4.69) is 9.97 Å². The molecular weight excluding hydrogens is 196 g/mol. The summed E-state index contributed by atoms with van der Waals surface area (Å²) in [7, 11) is 3.21. The first-order valence-corrected chi connectivity index (χ1v) is 4.44. The first-order chi connectivity index (χ1) is 7.11. The van der Waals surface area contributed by atoms with Gasteiger partial charge in [-0.3, -0.25) is 14.5 Å². The second-order valence-electron chi connectivity index (χ2n) is 3.31. The molecule has 0 saturated heterocycles. The molecule has 6 nitrogen and oxygen atoms in total. The van der Waals surface area contributed by atoms with Crippen LogP contribution in [-0.2, 0) is 9.59 Å². The van der Waals surface area contributed by atoms with E-state index >= 15 is 0 Å². The van der Waals surface area contributed by atoms with Gasteiger partial charge in [0.25, 0.3) is 0 Å². The van der Waals surface area contributed by atoms with Gasteiger partial charge in [-0.25, -0.2) is 9.97 Å². The SMILES string of the molecule is CN1C(=O)CC(=O)N(C)c2ncncc21. The summed E-state index contributed by atoms with van der Waals surface area (Å²) < 4.78 is 0. The molecule has 0 saturated carbocycles. The Morgan fingerprint density at radius 1 is 1.20 bits per heavy atom. The van der Waals surface area contributed by atoms with Crippen LogP contribution in [0.15, 0.2) is 12.5 Å². The van der Waals surface area contributed by atoms with Crippen LogP contribution in [0.5, 0.6) is 0 Å². The normalized spacial score (nSPS) is 16.4. The topological polar surface area (TPSA) is 66.4 Å². The van der Waals surface area contributed by atoms with Crippen LogP contribution in [0.1, 0.15) is 6.42 Å². The van der Waals surface area contributed by atoms with Crippen molar-refractivity contribution in [3.63, 3.8) is 0 Å². The van der Waals surface area contributed by atoms with Crippen molar-refractivity contribution < 1.29 is 9.59 Å². The molecule has 78 valence electrons. The average Bonchev–Trinajstić information content (AvgIpc) is 2.33. The molecule has 15 heavy (non-hydrogen) atoms. The van der Waals surface area contributed by atoms with Crippen LogP contribution in [0.3, 0.4) is 0 Å². The largest absolute Gasteiger partial charge is 0.310 e. The van der Waals surface area contributed by atoms with E-state index in [1.165, 1.54) is 22.3 Å². The van der Waals surface area contributed by atoms with E-state index in [1.54, 1.807) is 14.1 Å². The van der Waals surface area contributed by atoms with Crippen molar-refractivity contribution in [3.05, 3.63) is 12.5 Å². The maximum Gasteiger partial charge on any atom is 0.237 e. The number of nitrogens with zero attached hydrogens (tertiary/aromatic N) is 4. The van der Waals surface area contributed by atoms with E-state index in [9.17, 15) is 9.59 Å². The van der Waals surface area contributed by atoms with Crippen molar-refractivity contribution in [1.82, 2.24) is 9.97 Å². The van der Waals surface area contributed by atoms with E-state index in [0.29, 0.717) is 11.5 Å². The fourth-order valence-electron chi connectivity index (χ4n) is 1.43. The van der Waals surface area contributed by atoms with Crippen LogP contribution in [0.4, 0.5) is 11.5 Å². The summed E-state index contributed by atoms with van der Waals surface area (Å²) in [6.07, 6.45) is 2.74. The maximum atomic E-state index is 11.6. The Morgan fingerprint density at radius 3 is 2.60 bits per heavy atom. The highest BCUT2D eigenvalue weighted by atomic mass is 16.2. The molecule has 0 radical (unpaired) electrons. The van der Waals surface area contributed by atoms with Gasteiger partial charge in [0.1, 0.15) is 18.4 Å². The molecule has 2 amide bonds. The molecular formula is C9H10N4O2. The fraction of sp³-hybridized carbons (Fsp3) is 0.333. The number of carbonyl (C=O) groups excluding carboxylic acids is 2. The van der Waals surface area contributed by atoms with Gasteiger partial charge in [-0.15, -0.1) is 0 Å². The second-order valence-corrected chi connectivity index (χ2v) is 3.31. The standard InChI is InChI=1S/C9H10N4O2/c1-12-6-4-10-5-11-9(6)13(2)8(15)3-7(12)14/h4-5H,3H2,1-2H3. The summed E-state index contributed by atoms with van der Waals surface area (Å²) in [6.45, 7) is 0. The zero-order chi connectivity index (χ0) is 11.0. The van der Waals surface area contributed by atoms with Gasteiger partial charge in [-0.1, -0.05) is 0 Å². The van der Waals surface area contributed by atoms with Crippen LogP contribution >= 0.6 is 0 Å². The quantitative estimate of drug-likeness (QED) is 0.551. The number of carbonyl (C=O) groups is 2. The molecule has 1 aliphatic rings. The molecule has 2 heterocycles. The molecule has 1 aliphatic heterocycles. The van der Waals surface area contributed by atoms with Gasteiger partial charge in [0.05, 0.1) is 6.20 Å². The summed E-state index contributed by atoms with van der Waals surface area (Å²) in [5.74, 6) is -0.0481. The van der Waals surface area contributed by atoms with E-state index in [0.717, 1.165) is 0 Å². The Hall–Kier alpha value is -1.98. The van der Waals surface area contributed by atoms with E-state index in [-0.39, 0.29) is 18.2 Å². The van der Waals surface area contributed by atoms with E-state index in [1.807, 2.05) is 0 Å². The minimum absolute atomic E-state index is 0.136. The molecule has 6 heteroatoms. The first-order valence-electron chi connectivity index (χ1n) is 4.44. The second kappa shape index (κ2) is 3.30. The summed E-state index contributed by atoms with van der Waals surface area (Å²) >= 11 is 0. The number of hydrogen-bond donors (Lipinski definition) is 0. The Kier molecular flexibility index (Phi) is 2.11. The number of amides is 2. The number of aromatic nitrogens is 2. The Balaban J connectivity index is 2.59. The van der Waals surface area contributed by atoms with E-state index < -0.39 is 0 Å². The first kappa shape index (κ1) is 9.57. The lowest BCUT2D eigenvalue weighted by molar-refractivity contribution is -0.125. The molecule has 0 aliphatic carbocycles. The highest BCUT2D eigenvalue weighted by Gasteiger charge is 2.28.